The summed E-state index contributed by atoms with van der Waals surface area (Å²) in [6, 6.07) is 23.4. The van der Waals surface area contributed by atoms with Crippen molar-refractivity contribution < 1.29 is 4.79 Å². The van der Waals surface area contributed by atoms with Gasteiger partial charge in [-0.2, -0.15) is 0 Å². The lowest BCUT2D eigenvalue weighted by Crippen LogP contribution is -2.18. The van der Waals surface area contributed by atoms with Gasteiger partial charge in [0.2, 0.25) is 0 Å². The summed E-state index contributed by atoms with van der Waals surface area (Å²) in [5.74, 6) is 0.695. The molecule has 0 saturated carbocycles. The van der Waals surface area contributed by atoms with E-state index in [1.165, 1.54) is 10.4 Å². The average molecular weight is 428 g/mol. The second kappa shape index (κ2) is 9.14. The minimum absolute atomic E-state index is 0.108. The molecule has 0 saturated heterocycles. The summed E-state index contributed by atoms with van der Waals surface area (Å²) < 4.78 is 0. The predicted molar refractivity (Wildman–Crippen MR) is 129 cm³/mol. The molecule has 2 aromatic heterocycles. The summed E-state index contributed by atoms with van der Waals surface area (Å²) in [6.07, 6.45) is 1.81. The van der Waals surface area contributed by atoms with Crippen LogP contribution < -0.4 is 10.6 Å². The molecule has 4 aromatic rings. The number of anilines is 2. The first kappa shape index (κ1) is 20.8. The van der Waals surface area contributed by atoms with E-state index in [1.807, 2.05) is 66.9 Å². The van der Waals surface area contributed by atoms with Gasteiger partial charge in [0.1, 0.15) is 10.8 Å². The number of aromatic nitrogens is 1. The van der Waals surface area contributed by atoms with Crippen molar-refractivity contribution in [1.29, 1.82) is 0 Å². The summed E-state index contributed by atoms with van der Waals surface area (Å²) in [4.78, 5) is 18.6. The van der Waals surface area contributed by atoms with E-state index in [0.29, 0.717) is 5.56 Å². The molecule has 0 aliphatic rings. The molecule has 4 nitrogen and oxygen atoms in total. The number of amides is 1. The van der Waals surface area contributed by atoms with Crippen molar-refractivity contribution in [2.45, 2.75) is 26.8 Å². The lowest BCUT2D eigenvalue weighted by atomic mass is 9.96. The van der Waals surface area contributed by atoms with Crippen LogP contribution in [0.3, 0.4) is 0 Å². The number of nitrogens with one attached hydrogen (secondary N) is 2. The quantitative estimate of drug-likeness (QED) is 0.368. The van der Waals surface area contributed by atoms with E-state index in [0.717, 1.165) is 27.5 Å². The number of rotatable bonds is 6. The Bertz CT molecular complexity index is 1190. The van der Waals surface area contributed by atoms with Crippen LogP contribution in [0.5, 0.6) is 0 Å². The smallest absolute Gasteiger partial charge is 0.256 e. The van der Waals surface area contributed by atoms with Crippen LogP contribution in [0.4, 0.5) is 10.8 Å². The molecule has 0 aliphatic carbocycles. The monoisotopic (exact) mass is 427 g/mol. The predicted octanol–water partition coefficient (Wildman–Crippen LogP) is 6.52. The van der Waals surface area contributed by atoms with Gasteiger partial charge in [0, 0.05) is 22.2 Å². The van der Waals surface area contributed by atoms with Gasteiger partial charge in [0.05, 0.1) is 6.04 Å². The third kappa shape index (κ3) is 4.67. The van der Waals surface area contributed by atoms with Gasteiger partial charge in [-0.15, -0.1) is 11.3 Å². The molecule has 156 valence electrons. The molecule has 0 radical (unpaired) electrons. The first-order valence-electron chi connectivity index (χ1n) is 10.2. The second-order valence-electron chi connectivity index (χ2n) is 7.55. The van der Waals surface area contributed by atoms with Crippen LogP contribution in [0.2, 0.25) is 0 Å². The van der Waals surface area contributed by atoms with E-state index in [2.05, 4.69) is 48.5 Å². The van der Waals surface area contributed by atoms with Crippen LogP contribution in [0, 0.1) is 20.8 Å². The highest BCUT2D eigenvalue weighted by molar-refractivity contribution is 7.16. The zero-order chi connectivity index (χ0) is 21.8. The van der Waals surface area contributed by atoms with E-state index >= 15 is 0 Å². The van der Waals surface area contributed by atoms with Gasteiger partial charge in [0.15, 0.2) is 0 Å². The minimum Gasteiger partial charge on any atom is -0.359 e. The molecule has 31 heavy (non-hydrogen) atoms. The summed E-state index contributed by atoms with van der Waals surface area (Å²) >= 11 is 1.61. The van der Waals surface area contributed by atoms with Gasteiger partial charge in [-0.25, -0.2) is 4.98 Å². The molecule has 2 aromatic carbocycles. The van der Waals surface area contributed by atoms with Crippen LogP contribution in [0.1, 0.15) is 43.5 Å². The van der Waals surface area contributed by atoms with Crippen LogP contribution in [-0.2, 0) is 0 Å². The number of benzene rings is 2. The summed E-state index contributed by atoms with van der Waals surface area (Å²) in [7, 11) is 0. The SMILES string of the molecule is Cc1ccnc(N[C@@H](c2ccccc2)c2c(NC(=O)c3ccccc3)sc(C)c2C)c1. The lowest BCUT2D eigenvalue weighted by Gasteiger charge is -2.22. The van der Waals surface area contributed by atoms with Gasteiger partial charge >= 0.3 is 0 Å². The van der Waals surface area contributed by atoms with Crippen molar-refractivity contribution in [2.24, 2.45) is 0 Å². The molecular weight excluding hydrogens is 402 g/mol. The minimum atomic E-state index is -0.147. The topological polar surface area (TPSA) is 54.0 Å². The van der Waals surface area contributed by atoms with Gasteiger partial charge in [-0.3, -0.25) is 4.79 Å². The third-order valence-electron chi connectivity index (χ3n) is 5.32. The zero-order valence-electron chi connectivity index (χ0n) is 17.8. The van der Waals surface area contributed by atoms with E-state index in [-0.39, 0.29) is 11.9 Å². The number of carbonyl (C=O) groups excluding carboxylic acids is 1. The molecule has 0 aliphatic heterocycles. The number of aryl methyl sites for hydroxylation is 2. The first-order chi connectivity index (χ1) is 15.0. The van der Waals surface area contributed by atoms with Crippen molar-refractivity contribution in [3.8, 4) is 0 Å². The first-order valence-corrected chi connectivity index (χ1v) is 11.0. The highest BCUT2D eigenvalue weighted by Gasteiger charge is 2.25. The number of hydrogen-bond donors (Lipinski definition) is 2. The van der Waals surface area contributed by atoms with Crippen molar-refractivity contribution in [1.82, 2.24) is 4.98 Å². The van der Waals surface area contributed by atoms with Gasteiger partial charge in [-0.1, -0.05) is 48.5 Å². The van der Waals surface area contributed by atoms with E-state index in [4.69, 9.17) is 0 Å². The third-order valence-corrected chi connectivity index (χ3v) is 6.46. The van der Waals surface area contributed by atoms with E-state index in [1.54, 1.807) is 11.3 Å². The van der Waals surface area contributed by atoms with Gasteiger partial charge < -0.3 is 10.6 Å². The zero-order valence-corrected chi connectivity index (χ0v) is 18.7. The number of carbonyl (C=O) groups is 1. The number of nitrogens with zero attached hydrogens (tertiary/aromatic N) is 1. The highest BCUT2D eigenvalue weighted by Crippen LogP contribution is 2.41. The fourth-order valence-electron chi connectivity index (χ4n) is 3.58. The Morgan fingerprint density at radius 2 is 1.61 bits per heavy atom. The van der Waals surface area contributed by atoms with Crippen LogP contribution in [-0.4, -0.2) is 10.9 Å². The Morgan fingerprint density at radius 3 is 2.29 bits per heavy atom. The molecule has 0 fully saturated rings. The molecular formula is C26H25N3OS. The molecule has 0 spiro atoms. The van der Waals surface area contributed by atoms with Crippen LogP contribution >= 0.6 is 11.3 Å². The molecule has 0 bridgehead atoms. The Labute approximate surface area is 187 Å². The van der Waals surface area contributed by atoms with Crippen LogP contribution in [0.25, 0.3) is 0 Å². The summed E-state index contributed by atoms with van der Waals surface area (Å²) in [6.45, 7) is 6.26. The van der Waals surface area contributed by atoms with Crippen molar-refractivity contribution in [3.05, 3.63) is 112 Å². The molecule has 0 unspecified atom stereocenters. The van der Waals surface area contributed by atoms with Crippen molar-refractivity contribution >= 4 is 28.1 Å². The maximum atomic E-state index is 12.9. The molecule has 4 rings (SSSR count). The van der Waals surface area contributed by atoms with Gasteiger partial charge in [-0.05, 0) is 61.7 Å². The molecule has 1 atom stereocenters. The van der Waals surface area contributed by atoms with Gasteiger partial charge in [0.25, 0.3) is 5.91 Å². The van der Waals surface area contributed by atoms with E-state index < -0.39 is 0 Å². The highest BCUT2D eigenvalue weighted by atomic mass is 32.1. The molecule has 1 amide bonds. The van der Waals surface area contributed by atoms with Crippen LogP contribution in [0.15, 0.2) is 79.0 Å². The Kier molecular flexibility index (Phi) is 6.14. The molecule has 2 heterocycles. The fraction of sp³-hybridized carbons (Fsp3) is 0.154. The number of hydrogen-bond acceptors (Lipinski definition) is 4. The maximum Gasteiger partial charge on any atom is 0.256 e. The largest absolute Gasteiger partial charge is 0.359 e. The van der Waals surface area contributed by atoms with E-state index in [9.17, 15) is 4.79 Å². The Morgan fingerprint density at radius 1 is 0.935 bits per heavy atom. The lowest BCUT2D eigenvalue weighted by molar-refractivity contribution is 0.102. The number of thiophene rings is 1. The Balaban J connectivity index is 1.76. The number of pyridine rings is 1. The normalized spacial score (nSPS) is 11.7. The average Bonchev–Trinajstić information content (AvgIpc) is 3.06. The van der Waals surface area contributed by atoms with Crippen molar-refractivity contribution in [2.75, 3.05) is 10.6 Å². The Hall–Kier alpha value is -3.44. The maximum absolute atomic E-state index is 12.9. The molecule has 2 N–H and O–H groups in total. The second-order valence-corrected chi connectivity index (χ2v) is 8.78. The fourth-order valence-corrected chi connectivity index (χ4v) is 4.67. The molecule has 5 heteroatoms. The summed E-state index contributed by atoms with van der Waals surface area (Å²) in [5.41, 5.74) is 5.13. The standard InChI is InChI=1S/C26H25N3OS/c1-17-14-15-27-22(16-17)28-24(20-10-6-4-7-11-20)23-18(2)19(3)31-26(23)29-25(30)21-12-8-5-9-13-21/h4-16,24H,1-3H3,(H,27,28)(H,29,30)/t24-/m0/s1. The van der Waals surface area contributed by atoms with Crippen molar-refractivity contribution in [3.63, 3.8) is 0 Å². The summed E-state index contributed by atoms with van der Waals surface area (Å²) in [5, 5.41) is 7.62.